The largest absolute Gasteiger partial charge is 0.341 e. The van der Waals surface area contributed by atoms with Crippen LogP contribution in [0.25, 0.3) is 0 Å². The Bertz CT molecular complexity index is 556. The van der Waals surface area contributed by atoms with E-state index in [9.17, 15) is 4.79 Å². The topological polar surface area (TPSA) is 55.1 Å². The first-order valence-electron chi connectivity index (χ1n) is 7.76. The van der Waals surface area contributed by atoms with Gasteiger partial charge in [-0.05, 0) is 24.5 Å². The molecular weight excluding hydrogens is 272 g/mol. The van der Waals surface area contributed by atoms with Crippen LogP contribution in [0.1, 0.15) is 37.8 Å². The van der Waals surface area contributed by atoms with E-state index in [1.54, 1.807) is 0 Å². The Hall–Kier alpha value is -2.13. The zero-order chi connectivity index (χ0) is 16.0. The van der Waals surface area contributed by atoms with Crippen LogP contribution in [0.3, 0.4) is 0 Å². The number of hydrogen-bond donors (Lipinski definition) is 2. The van der Waals surface area contributed by atoms with Crippen LogP contribution in [0.2, 0.25) is 0 Å². The fourth-order valence-electron chi connectivity index (χ4n) is 2.64. The van der Waals surface area contributed by atoms with Crippen LogP contribution in [-0.2, 0) is 10.3 Å². The lowest BCUT2D eigenvalue weighted by molar-refractivity contribution is -0.124. The quantitative estimate of drug-likeness (QED) is 0.860. The summed E-state index contributed by atoms with van der Waals surface area (Å²) in [6.07, 6.45) is 1.58. The number of carbonyl (C=O) groups excluding carboxylic acids is 1. The molecule has 0 aliphatic carbocycles. The summed E-state index contributed by atoms with van der Waals surface area (Å²) in [4.78, 5) is 12.5. The molecule has 22 heavy (non-hydrogen) atoms. The molecule has 0 spiro atoms. The molecule has 0 saturated heterocycles. The summed E-state index contributed by atoms with van der Waals surface area (Å²) >= 11 is 0. The Balaban J connectivity index is 2.37. The van der Waals surface area contributed by atoms with Crippen molar-refractivity contribution in [3.05, 3.63) is 71.8 Å². The van der Waals surface area contributed by atoms with Crippen LogP contribution in [0.4, 0.5) is 0 Å². The van der Waals surface area contributed by atoms with E-state index in [2.05, 4.69) is 5.32 Å². The van der Waals surface area contributed by atoms with E-state index in [-0.39, 0.29) is 5.91 Å². The van der Waals surface area contributed by atoms with Gasteiger partial charge in [0.1, 0.15) is 0 Å². The Labute approximate surface area is 132 Å². The van der Waals surface area contributed by atoms with E-state index in [1.165, 1.54) is 0 Å². The van der Waals surface area contributed by atoms with Crippen molar-refractivity contribution in [1.82, 2.24) is 5.32 Å². The van der Waals surface area contributed by atoms with E-state index in [1.807, 2.05) is 74.5 Å². The Kier molecular flexibility index (Phi) is 5.34. The van der Waals surface area contributed by atoms with Crippen molar-refractivity contribution in [2.75, 3.05) is 0 Å². The molecular formula is C19H24N2O. The summed E-state index contributed by atoms with van der Waals surface area (Å²) in [7, 11) is 0. The first kappa shape index (κ1) is 16.2. The maximum absolute atomic E-state index is 12.5. The van der Waals surface area contributed by atoms with E-state index in [4.69, 9.17) is 5.73 Å². The highest BCUT2D eigenvalue weighted by Gasteiger charge is 2.31. The standard InChI is InChI=1S/C19H24N2O/c1-3-10-17(20)18(22)21-19(2,15-11-6-4-7-12-15)16-13-8-5-9-14-16/h4-9,11-14,17H,3,10,20H2,1-2H3,(H,21,22). The van der Waals surface area contributed by atoms with Crippen LogP contribution < -0.4 is 11.1 Å². The fourth-order valence-corrected chi connectivity index (χ4v) is 2.64. The minimum absolute atomic E-state index is 0.114. The number of benzene rings is 2. The van der Waals surface area contributed by atoms with Crippen LogP contribution >= 0.6 is 0 Å². The molecule has 3 nitrogen and oxygen atoms in total. The molecule has 0 aliphatic rings. The van der Waals surface area contributed by atoms with Crippen molar-refractivity contribution in [3.63, 3.8) is 0 Å². The minimum Gasteiger partial charge on any atom is -0.341 e. The van der Waals surface area contributed by atoms with Crippen LogP contribution in [0.15, 0.2) is 60.7 Å². The maximum atomic E-state index is 12.5. The molecule has 0 aliphatic heterocycles. The van der Waals surface area contributed by atoms with Gasteiger partial charge in [0.05, 0.1) is 11.6 Å². The summed E-state index contributed by atoms with van der Waals surface area (Å²) in [6, 6.07) is 19.5. The van der Waals surface area contributed by atoms with Crippen LogP contribution in [-0.4, -0.2) is 11.9 Å². The van der Waals surface area contributed by atoms with Gasteiger partial charge in [0.25, 0.3) is 0 Å². The van der Waals surface area contributed by atoms with Crippen molar-refractivity contribution in [3.8, 4) is 0 Å². The normalized spacial score (nSPS) is 12.7. The molecule has 0 radical (unpaired) electrons. The third kappa shape index (κ3) is 3.55. The summed E-state index contributed by atoms with van der Waals surface area (Å²) in [5, 5.41) is 3.15. The van der Waals surface area contributed by atoms with Crippen molar-refractivity contribution < 1.29 is 4.79 Å². The van der Waals surface area contributed by atoms with Gasteiger partial charge in [0.15, 0.2) is 0 Å². The molecule has 3 N–H and O–H groups in total. The summed E-state index contributed by atoms with van der Waals surface area (Å²) in [6.45, 7) is 4.05. The molecule has 0 saturated carbocycles. The van der Waals surface area contributed by atoms with Crippen molar-refractivity contribution in [2.45, 2.75) is 38.3 Å². The highest BCUT2D eigenvalue weighted by atomic mass is 16.2. The van der Waals surface area contributed by atoms with Gasteiger partial charge >= 0.3 is 0 Å². The predicted molar refractivity (Wildman–Crippen MR) is 90.4 cm³/mol. The lowest BCUT2D eigenvalue weighted by atomic mass is 9.84. The summed E-state index contributed by atoms with van der Waals surface area (Å²) in [5.41, 5.74) is 7.47. The van der Waals surface area contributed by atoms with E-state index in [0.29, 0.717) is 6.42 Å². The summed E-state index contributed by atoms with van der Waals surface area (Å²) < 4.78 is 0. The predicted octanol–water partition coefficient (Wildman–Crippen LogP) is 3.19. The molecule has 0 aromatic heterocycles. The minimum atomic E-state index is -0.592. The Morgan fingerprint density at radius 3 is 1.91 bits per heavy atom. The molecule has 1 unspecified atom stereocenters. The fraction of sp³-hybridized carbons (Fsp3) is 0.316. The molecule has 2 aromatic carbocycles. The van der Waals surface area contributed by atoms with Gasteiger partial charge < -0.3 is 11.1 Å². The molecule has 0 heterocycles. The number of amides is 1. The van der Waals surface area contributed by atoms with Gasteiger partial charge in [0, 0.05) is 0 Å². The monoisotopic (exact) mass is 296 g/mol. The first-order valence-corrected chi connectivity index (χ1v) is 7.76. The molecule has 0 fully saturated rings. The van der Waals surface area contributed by atoms with Crippen LogP contribution in [0, 0.1) is 0 Å². The molecule has 1 amide bonds. The summed E-state index contributed by atoms with van der Waals surface area (Å²) in [5.74, 6) is -0.114. The number of rotatable bonds is 6. The lowest BCUT2D eigenvalue weighted by Crippen LogP contribution is -2.50. The SMILES string of the molecule is CCCC(N)C(=O)NC(C)(c1ccccc1)c1ccccc1. The smallest absolute Gasteiger partial charge is 0.237 e. The van der Waals surface area contributed by atoms with Gasteiger partial charge in [-0.2, -0.15) is 0 Å². The molecule has 1 atom stereocenters. The van der Waals surface area contributed by atoms with Gasteiger partial charge in [-0.1, -0.05) is 74.0 Å². The average Bonchev–Trinajstić information content (AvgIpc) is 2.56. The van der Waals surface area contributed by atoms with Gasteiger partial charge in [-0.15, -0.1) is 0 Å². The van der Waals surface area contributed by atoms with Gasteiger partial charge in [-0.3, -0.25) is 4.79 Å². The Morgan fingerprint density at radius 2 is 1.50 bits per heavy atom. The second-order valence-corrected chi connectivity index (χ2v) is 5.74. The highest BCUT2D eigenvalue weighted by Crippen LogP contribution is 2.29. The Morgan fingerprint density at radius 1 is 1.05 bits per heavy atom. The van der Waals surface area contributed by atoms with Gasteiger partial charge in [-0.25, -0.2) is 0 Å². The third-order valence-electron chi connectivity index (χ3n) is 4.01. The van der Waals surface area contributed by atoms with Crippen molar-refractivity contribution >= 4 is 5.91 Å². The van der Waals surface area contributed by atoms with E-state index in [0.717, 1.165) is 17.5 Å². The average molecular weight is 296 g/mol. The molecule has 2 rings (SSSR count). The maximum Gasteiger partial charge on any atom is 0.237 e. The lowest BCUT2D eigenvalue weighted by Gasteiger charge is -2.33. The second kappa shape index (κ2) is 7.23. The van der Waals surface area contributed by atoms with Crippen molar-refractivity contribution in [2.24, 2.45) is 5.73 Å². The molecule has 116 valence electrons. The zero-order valence-electron chi connectivity index (χ0n) is 13.3. The van der Waals surface area contributed by atoms with E-state index >= 15 is 0 Å². The number of nitrogens with two attached hydrogens (primary N) is 1. The molecule has 0 bridgehead atoms. The first-order chi connectivity index (χ1) is 10.6. The van der Waals surface area contributed by atoms with Gasteiger partial charge in [0.2, 0.25) is 5.91 Å². The number of hydrogen-bond acceptors (Lipinski definition) is 2. The zero-order valence-corrected chi connectivity index (χ0v) is 13.3. The molecule has 2 aromatic rings. The second-order valence-electron chi connectivity index (χ2n) is 5.74. The van der Waals surface area contributed by atoms with E-state index < -0.39 is 11.6 Å². The number of nitrogens with one attached hydrogen (secondary N) is 1. The molecule has 3 heteroatoms. The van der Waals surface area contributed by atoms with Crippen molar-refractivity contribution in [1.29, 1.82) is 0 Å². The number of carbonyl (C=O) groups is 1. The van der Waals surface area contributed by atoms with Crippen LogP contribution in [0.5, 0.6) is 0 Å². The third-order valence-corrected chi connectivity index (χ3v) is 4.01. The highest BCUT2D eigenvalue weighted by molar-refractivity contribution is 5.83.